The number of nitrogens with zero attached hydrogens (tertiary/aromatic N) is 1. The van der Waals surface area contributed by atoms with Gasteiger partial charge in [-0.1, -0.05) is 48.5 Å². The van der Waals surface area contributed by atoms with Gasteiger partial charge in [-0.15, -0.1) is 22.7 Å². The standard InChI is InChI=1S/C23H20N2O2S2/c1-16-21(29-23(25-16)20-8-5-13-28-20)14-24-22(26)15-27-19-11-9-18(10-12-19)17-6-3-2-4-7-17/h2-13H,14-15H2,1H3,(H,24,26). The van der Waals surface area contributed by atoms with Crippen LogP contribution in [0.15, 0.2) is 72.1 Å². The van der Waals surface area contributed by atoms with Crippen LogP contribution in [0.1, 0.15) is 10.6 Å². The van der Waals surface area contributed by atoms with Gasteiger partial charge < -0.3 is 10.1 Å². The fraction of sp³-hybridized carbons (Fsp3) is 0.130. The van der Waals surface area contributed by atoms with Crippen LogP contribution in [0, 0.1) is 6.92 Å². The maximum atomic E-state index is 12.2. The largest absolute Gasteiger partial charge is 0.484 e. The number of carbonyl (C=O) groups excluding carboxylic acids is 1. The molecule has 0 unspecified atom stereocenters. The number of hydrogen-bond acceptors (Lipinski definition) is 5. The molecular formula is C23H20N2O2S2. The summed E-state index contributed by atoms with van der Waals surface area (Å²) < 4.78 is 5.62. The second kappa shape index (κ2) is 9.03. The molecule has 0 fully saturated rings. The van der Waals surface area contributed by atoms with Crippen molar-refractivity contribution in [2.24, 2.45) is 0 Å². The molecule has 0 aliphatic rings. The van der Waals surface area contributed by atoms with Crippen LogP contribution < -0.4 is 10.1 Å². The van der Waals surface area contributed by atoms with Crippen LogP contribution in [0.4, 0.5) is 0 Å². The van der Waals surface area contributed by atoms with Gasteiger partial charge in [0.15, 0.2) is 6.61 Å². The molecule has 1 amide bonds. The van der Waals surface area contributed by atoms with E-state index >= 15 is 0 Å². The Hall–Kier alpha value is -2.96. The van der Waals surface area contributed by atoms with Gasteiger partial charge in [-0.3, -0.25) is 4.79 Å². The smallest absolute Gasteiger partial charge is 0.258 e. The molecule has 29 heavy (non-hydrogen) atoms. The summed E-state index contributed by atoms with van der Waals surface area (Å²) in [6.45, 7) is 2.42. The molecule has 0 aliphatic heterocycles. The Labute approximate surface area is 177 Å². The van der Waals surface area contributed by atoms with Crippen molar-refractivity contribution in [3.63, 3.8) is 0 Å². The Morgan fingerprint density at radius 1 is 1.00 bits per heavy atom. The first kappa shape index (κ1) is 19.4. The minimum atomic E-state index is -0.150. The monoisotopic (exact) mass is 420 g/mol. The maximum Gasteiger partial charge on any atom is 0.258 e. The minimum absolute atomic E-state index is 0.0136. The number of rotatable bonds is 7. The molecule has 0 saturated carbocycles. The summed E-state index contributed by atoms with van der Waals surface area (Å²) >= 11 is 3.29. The average molecular weight is 421 g/mol. The van der Waals surface area contributed by atoms with Gasteiger partial charge in [-0.05, 0) is 41.6 Å². The van der Waals surface area contributed by atoms with Crippen LogP contribution in [-0.4, -0.2) is 17.5 Å². The van der Waals surface area contributed by atoms with Crippen molar-refractivity contribution >= 4 is 28.6 Å². The third-order valence-electron chi connectivity index (χ3n) is 4.40. The van der Waals surface area contributed by atoms with Crippen LogP contribution in [0.25, 0.3) is 21.0 Å². The van der Waals surface area contributed by atoms with Gasteiger partial charge >= 0.3 is 0 Å². The lowest BCUT2D eigenvalue weighted by Crippen LogP contribution is -2.28. The number of benzene rings is 2. The summed E-state index contributed by atoms with van der Waals surface area (Å²) in [6, 6.07) is 22.0. The van der Waals surface area contributed by atoms with E-state index in [2.05, 4.69) is 28.5 Å². The topological polar surface area (TPSA) is 51.2 Å². The summed E-state index contributed by atoms with van der Waals surface area (Å²) in [4.78, 5) is 19.0. The van der Waals surface area contributed by atoms with Crippen molar-refractivity contribution in [1.29, 1.82) is 0 Å². The predicted octanol–water partition coefficient (Wildman–Crippen LogP) is 5.54. The SMILES string of the molecule is Cc1nc(-c2cccs2)sc1CNC(=O)COc1ccc(-c2ccccc2)cc1. The number of aryl methyl sites for hydroxylation is 1. The molecular weight excluding hydrogens is 400 g/mol. The second-order valence-electron chi connectivity index (χ2n) is 6.46. The molecule has 4 aromatic rings. The van der Waals surface area contributed by atoms with Crippen molar-refractivity contribution < 1.29 is 9.53 Å². The van der Waals surface area contributed by atoms with Crippen LogP contribution in [0.2, 0.25) is 0 Å². The number of thiazole rings is 1. The Bertz CT molecular complexity index is 1070. The molecule has 2 heterocycles. The molecule has 0 bridgehead atoms. The Morgan fingerprint density at radius 2 is 1.76 bits per heavy atom. The molecule has 2 aromatic carbocycles. The minimum Gasteiger partial charge on any atom is -0.484 e. The molecule has 4 rings (SSSR count). The van der Waals surface area contributed by atoms with Gasteiger partial charge in [0.2, 0.25) is 0 Å². The first-order valence-electron chi connectivity index (χ1n) is 9.24. The highest BCUT2D eigenvalue weighted by Crippen LogP contribution is 2.31. The summed E-state index contributed by atoms with van der Waals surface area (Å²) in [7, 11) is 0. The summed E-state index contributed by atoms with van der Waals surface area (Å²) in [5, 5.41) is 5.95. The van der Waals surface area contributed by atoms with Crippen molar-refractivity contribution in [1.82, 2.24) is 10.3 Å². The number of ether oxygens (including phenoxy) is 1. The Kier molecular flexibility index (Phi) is 6.03. The quantitative estimate of drug-likeness (QED) is 0.427. The van der Waals surface area contributed by atoms with Crippen molar-refractivity contribution in [2.75, 3.05) is 6.61 Å². The van der Waals surface area contributed by atoms with Gasteiger partial charge in [0, 0.05) is 4.88 Å². The molecule has 0 saturated heterocycles. The third kappa shape index (κ3) is 4.91. The third-order valence-corrected chi connectivity index (χ3v) is 6.60. The van der Waals surface area contributed by atoms with Crippen molar-refractivity contribution in [3.8, 4) is 26.8 Å². The van der Waals surface area contributed by atoms with E-state index in [1.807, 2.05) is 60.8 Å². The fourth-order valence-corrected chi connectivity index (χ4v) is 4.65. The average Bonchev–Trinajstić information content (AvgIpc) is 3.42. The zero-order valence-electron chi connectivity index (χ0n) is 15.9. The molecule has 2 aromatic heterocycles. The van der Waals surface area contributed by atoms with Gasteiger partial charge in [0.1, 0.15) is 10.8 Å². The zero-order chi connectivity index (χ0) is 20.1. The Morgan fingerprint density at radius 3 is 2.48 bits per heavy atom. The number of nitrogens with one attached hydrogen (secondary N) is 1. The van der Waals surface area contributed by atoms with E-state index < -0.39 is 0 Å². The maximum absolute atomic E-state index is 12.2. The van der Waals surface area contributed by atoms with E-state index in [0.717, 1.165) is 31.6 Å². The molecule has 4 nitrogen and oxygen atoms in total. The lowest BCUT2D eigenvalue weighted by molar-refractivity contribution is -0.123. The second-order valence-corrected chi connectivity index (χ2v) is 8.49. The molecule has 146 valence electrons. The van der Waals surface area contributed by atoms with Crippen LogP contribution >= 0.6 is 22.7 Å². The highest BCUT2D eigenvalue weighted by Gasteiger charge is 2.11. The highest BCUT2D eigenvalue weighted by molar-refractivity contribution is 7.21. The van der Waals surface area contributed by atoms with E-state index in [1.165, 1.54) is 0 Å². The van der Waals surface area contributed by atoms with Crippen molar-refractivity contribution in [3.05, 3.63) is 82.7 Å². The lowest BCUT2D eigenvalue weighted by atomic mass is 10.1. The van der Waals surface area contributed by atoms with Gasteiger partial charge in [0.05, 0.1) is 17.1 Å². The normalized spacial score (nSPS) is 10.7. The van der Waals surface area contributed by atoms with Gasteiger partial charge in [0.25, 0.3) is 5.91 Å². The van der Waals surface area contributed by atoms with E-state index in [0.29, 0.717) is 12.3 Å². The number of hydrogen-bond donors (Lipinski definition) is 1. The predicted molar refractivity (Wildman–Crippen MR) is 119 cm³/mol. The van der Waals surface area contributed by atoms with Crippen LogP contribution in [-0.2, 0) is 11.3 Å². The summed E-state index contributed by atoms with van der Waals surface area (Å²) in [5.41, 5.74) is 3.22. The Balaban J connectivity index is 1.28. The first-order valence-corrected chi connectivity index (χ1v) is 10.9. The van der Waals surface area contributed by atoms with Crippen molar-refractivity contribution in [2.45, 2.75) is 13.5 Å². The number of thiophene rings is 1. The molecule has 6 heteroatoms. The summed E-state index contributed by atoms with van der Waals surface area (Å²) in [5.74, 6) is 0.524. The van der Waals surface area contributed by atoms with Gasteiger partial charge in [-0.2, -0.15) is 0 Å². The number of amides is 1. The van der Waals surface area contributed by atoms with Crippen LogP contribution in [0.3, 0.4) is 0 Å². The van der Waals surface area contributed by atoms with E-state index in [4.69, 9.17) is 4.74 Å². The number of aromatic nitrogens is 1. The molecule has 1 N–H and O–H groups in total. The summed E-state index contributed by atoms with van der Waals surface area (Å²) in [6.07, 6.45) is 0. The molecule has 0 aliphatic carbocycles. The number of carbonyl (C=O) groups is 1. The van der Waals surface area contributed by atoms with E-state index in [-0.39, 0.29) is 12.5 Å². The lowest BCUT2D eigenvalue weighted by Gasteiger charge is -2.08. The molecule has 0 radical (unpaired) electrons. The van der Waals surface area contributed by atoms with E-state index in [1.54, 1.807) is 22.7 Å². The molecule has 0 atom stereocenters. The highest BCUT2D eigenvalue weighted by atomic mass is 32.1. The first-order chi connectivity index (χ1) is 14.2. The van der Waals surface area contributed by atoms with E-state index in [9.17, 15) is 4.79 Å². The zero-order valence-corrected chi connectivity index (χ0v) is 17.6. The molecule has 0 spiro atoms. The van der Waals surface area contributed by atoms with Gasteiger partial charge in [-0.25, -0.2) is 4.98 Å². The fourth-order valence-electron chi connectivity index (χ4n) is 2.85. The van der Waals surface area contributed by atoms with Crippen LogP contribution in [0.5, 0.6) is 5.75 Å².